The third-order valence-corrected chi connectivity index (χ3v) is 1.51. The lowest BCUT2D eigenvalue weighted by Gasteiger charge is -1.99. The fourth-order valence-electron chi connectivity index (χ4n) is 0.869. The number of rotatable bonds is 2. The summed E-state index contributed by atoms with van der Waals surface area (Å²) in [5.41, 5.74) is 5.75. The number of carbonyl (C=O) groups is 1. The minimum atomic E-state index is -1.05. The van der Waals surface area contributed by atoms with Gasteiger partial charge in [-0.05, 0) is 12.1 Å². The van der Waals surface area contributed by atoms with Gasteiger partial charge in [0.15, 0.2) is 5.84 Å². The van der Waals surface area contributed by atoms with Gasteiger partial charge in [0, 0.05) is 5.56 Å². The lowest BCUT2D eigenvalue weighted by Crippen LogP contribution is -2.13. The Bertz CT molecular complexity index is 365. The van der Waals surface area contributed by atoms with Crippen molar-refractivity contribution < 1.29 is 15.1 Å². The zero-order valence-corrected chi connectivity index (χ0v) is 7.86. The molecule has 0 spiro atoms. The molecule has 1 aromatic rings. The molecule has 4 N–H and O–H groups in total. The van der Waals surface area contributed by atoms with Gasteiger partial charge in [-0.3, -0.25) is 0 Å². The van der Waals surface area contributed by atoms with E-state index in [-0.39, 0.29) is 23.8 Å². The molecule has 1 aromatic carbocycles. The summed E-state index contributed by atoms with van der Waals surface area (Å²) < 4.78 is 0. The lowest BCUT2D eigenvalue weighted by molar-refractivity contribution is 0.0697. The molecule has 0 aliphatic carbocycles. The molecule has 6 heteroatoms. The predicted octanol–water partition coefficient (Wildman–Crippen LogP) is 0.901. The average Bonchev–Trinajstić information content (AvgIpc) is 2.17. The van der Waals surface area contributed by atoms with E-state index in [1.807, 2.05) is 0 Å². The van der Waals surface area contributed by atoms with Crippen molar-refractivity contribution in [2.24, 2.45) is 10.9 Å². The SMILES string of the molecule is Cl.NC(=NO)c1cccc(C(=O)O)c1. The van der Waals surface area contributed by atoms with Crippen LogP contribution in [0.3, 0.4) is 0 Å². The van der Waals surface area contributed by atoms with E-state index in [9.17, 15) is 4.79 Å². The number of hydrogen-bond donors (Lipinski definition) is 3. The van der Waals surface area contributed by atoms with Crippen LogP contribution in [-0.2, 0) is 0 Å². The van der Waals surface area contributed by atoms with E-state index in [0.29, 0.717) is 5.56 Å². The molecular formula is C8H9ClN2O3. The Morgan fingerprint density at radius 2 is 1.93 bits per heavy atom. The summed E-state index contributed by atoms with van der Waals surface area (Å²) in [5, 5.41) is 19.7. The van der Waals surface area contributed by atoms with Crippen LogP contribution in [0.5, 0.6) is 0 Å². The normalized spacial score (nSPS) is 10.4. The molecule has 0 fully saturated rings. The first kappa shape index (κ1) is 12.2. The Labute approximate surface area is 86.3 Å². The van der Waals surface area contributed by atoms with Crippen LogP contribution in [0.1, 0.15) is 15.9 Å². The zero-order valence-electron chi connectivity index (χ0n) is 7.04. The number of hydrogen-bond acceptors (Lipinski definition) is 3. The van der Waals surface area contributed by atoms with Crippen molar-refractivity contribution in [1.82, 2.24) is 0 Å². The topological polar surface area (TPSA) is 95.9 Å². The molecule has 0 aliphatic heterocycles. The second-order valence-electron chi connectivity index (χ2n) is 2.37. The molecule has 0 amide bonds. The number of nitrogens with zero attached hydrogens (tertiary/aromatic N) is 1. The monoisotopic (exact) mass is 216 g/mol. The van der Waals surface area contributed by atoms with Crippen LogP contribution in [0.25, 0.3) is 0 Å². The van der Waals surface area contributed by atoms with Gasteiger partial charge >= 0.3 is 5.97 Å². The molecule has 0 aliphatic rings. The van der Waals surface area contributed by atoms with E-state index < -0.39 is 5.97 Å². The molecule has 0 saturated heterocycles. The number of carboxylic acid groups (broad SMARTS) is 1. The summed E-state index contributed by atoms with van der Waals surface area (Å²) >= 11 is 0. The van der Waals surface area contributed by atoms with Gasteiger partial charge in [0.05, 0.1) is 5.56 Å². The van der Waals surface area contributed by atoms with Gasteiger partial charge in [0.1, 0.15) is 0 Å². The molecule has 0 radical (unpaired) electrons. The summed E-state index contributed by atoms with van der Waals surface area (Å²) in [4.78, 5) is 10.5. The minimum absolute atomic E-state index is 0. The van der Waals surface area contributed by atoms with Gasteiger partial charge in [-0.15, -0.1) is 12.4 Å². The van der Waals surface area contributed by atoms with E-state index in [1.165, 1.54) is 18.2 Å². The van der Waals surface area contributed by atoms with Crippen LogP contribution >= 0.6 is 12.4 Å². The quantitative estimate of drug-likeness (QED) is 0.296. The van der Waals surface area contributed by atoms with Crippen molar-refractivity contribution in [3.63, 3.8) is 0 Å². The molecule has 14 heavy (non-hydrogen) atoms. The Morgan fingerprint density at radius 3 is 2.43 bits per heavy atom. The Kier molecular flexibility index (Phi) is 4.45. The standard InChI is InChI=1S/C8H8N2O3.ClH/c9-7(10-13)5-2-1-3-6(4-5)8(11)12;/h1-4,13H,(H2,9,10)(H,11,12);1H. The molecular weight excluding hydrogens is 208 g/mol. The first-order valence-electron chi connectivity index (χ1n) is 3.46. The zero-order chi connectivity index (χ0) is 9.84. The molecule has 1 rings (SSSR count). The van der Waals surface area contributed by atoms with Crippen LogP contribution in [0.4, 0.5) is 0 Å². The van der Waals surface area contributed by atoms with Crippen LogP contribution in [0.2, 0.25) is 0 Å². The number of amidine groups is 1. The van der Waals surface area contributed by atoms with Gasteiger partial charge in [-0.1, -0.05) is 17.3 Å². The number of nitrogens with two attached hydrogens (primary N) is 1. The number of aromatic carboxylic acids is 1. The summed E-state index contributed by atoms with van der Waals surface area (Å²) in [6.45, 7) is 0. The van der Waals surface area contributed by atoms with Crippen molar-refractivity contribution in [2.45, 2.75) is 0 Å². The van der Waals surface area contributed by atoms with Crippen LogP contribution in [0.15, 0.2) is 29.4 Å². The van der Waals surface area contributed by atoms with Crippen molar-refractivity contribution in [1.29, 1.82) is 0 Å². The van der Waals surface area contributed by atoms with Crippen molar-refractivity contribution in [3.05, 3.63) is 35.4 Å². The van der Waals surface area contributed by atoms with Gasteiger partial charge in [0.2, 0.25) is 0 Å². The summed E-state index contributed by atoms with van der Waals surface area (Å²) in [6, 6.07) is 5.84. The second-order valence-corrected chi connectivity index (χ2v) is 2.37. The highest BCUT2D eigenvalue weighted by atomic mass is 35.5. The van der Waals surface area contributed by atoms with Crippen LogP contribution < -0.4 is 5.73 Å². The minimum Gasteiger partial charge on any atom is -0.478 e. The van der Waals surface area contributed by atoms with Crippen LogP contribution in [-0.4, -0.2) is 22.1 Å². The van der Waals surface area contributed by atoms with Crippen molar-refractivity contribution in [2.75, 3.05) is 0 Å². The van der Waals surface area contributed by atoms with Crippen molar-refractivity contribution >= 4 is 24.2 Å². The van der Waals surface area contributed by atoms with E-state index >= 15 is 0 Å². The molecule has 0 saturated carbocycles. The predicted molar refractivity (Wildman–Crippen MR) is 53.2 cm³/mol. The summed E-state index contributed by atoms with van der Waals surface area (Å²) in [5.74, 6) is -1.16. The van der Waals surface area contributed by atoms with E-state index in [0.717, 1.165) is 0 Å². The fourth-order valence-corrected chi connectivity index (χ4v) is 0.869. The number of halogens is 1. The van der Waals surface area contributed by atoms with E-state index in [4.69, 9.17) is 16.0 Å². The third-order valence-electron chi connectivity index (χ3n) is 1.51. The van der Waals surface area contributed by atoms with Gasteiger partial charge < -0.3 is 16.0 Å². The molecule has 0 bridgehead atoms. The average molecular weight is 217 g/mol. The van der Waals surface area contributed by atoms with E-state index in [2.05, 4.69) is 5.16 Å². The number of carboxylic acids is 1. The largest absolute Gasteiger partial charge is 0.478 e. The second kappa shape index (κ2) is 5.08. The highest BCUT2D eigenvalue weighted by Gasteiger charge is 2.04. The molecule has 76 valence electrons. The highest BCUT2D eigenvalue weighted by molar-refractivity contribution is 5.99. The molecule has 0 unspecified atom stereocenters. The van der Waals surface area contributed by atoms with Crippen LogP contribution in [0, 0.1) is 0 Å². The first-order chi connectivity index (χ1) is 6.15. The highest BCUT2D eigenvalue weighted by Crippen LogP contribution is 2.04. The first-order valence-corrected chi connectivity index (χ1v) is 3.46. The Balaban J connectivity index is 0.00000169. The molecule has 0 atom stereocenters. The Hall–Kier alpha value is -1.75. The fraction of sp³-hybridized carbons (Fsp3) is 0. The number of oxime groups is 1. The van der Waals surface area contributed by atoms with Gasteiger partial charge in [-0.2, -0.15) is 0 Å². The molecule has 0 heterocycles. The smallest absolute Gasteiger partial charge is 0.335 e. The maximum atomic E-state index is 10.5. The lowest BCUT2D eigenvalue weighted by atomic mass is 10.1. The summed E-state index contributed by atoms with van der Waals surface area (Å²) in [6.07, 6.45) is 0. The third kappa shape index (κ3) is 2.63. The molecule has 0 aromatic heterocycles. The summed E-state index contributed by atoms with van der Waals surface area (Å²) in [7, 11) is 0. The molecule has 5 nitrogen and oxygen atoms in total. The number of benzene rings is 1. The maximum Gasteiger partial charge on any atom is 0.335 e. The Morgan fingerprint density at radius 1 is 1.36 bits per heavy atom. The maximum absolute atomic E-state index is 10.5. The van der Waals surface area contributed by atoms with Gasteiger partial charge in [0.25, 0.3) is 0 Å². The van der Waals surface area contributed by atoms with Crippen molar-refractivity contribution in [3.8, 4) is 0 Å². The van der Waals surface area contributed by atoms with E-state index in [1.54, 1.807) is 6.07 Å². The van der Waals surface area contributed by atoms with Gasteiger partial charge in [-0.25, -0.2) is 4.79 Å².